The fourth-order valence-corrected chi connectivity index (χ4v) is 2.26. The Bertz CT molecular complexity index is 731. The first kappa shape index (κ1) is 17.6. The molecule has 0 aromatic heterocycles. The lowest BCUT2D eigenvalue weighted by Gasteiger charge is -2.07. The van der Waals surface area contributed by atoms with Gasteiger partial charge in [0.25, 0.3) is 5.91 Å². The Kier molecular flexibility index (Phi) is 6.28. The van der Waals surface area contributed by atoms with Crippen molar-refractivity contribution < 1.29 is 9.53 Å². The van der Waals surface area contributed by atoms with Crippen molar-refractivity contribution in [2.45, 2.75) is 6.92 Å². The Morgan fingerprint density at radius 1 is 1.09 bits per heavy atom. The van der Waals surface area contributed by atoms with Crippen molar-refractivity contribution >= 4 is 46.4 Å². The van der Waals surface area contributed by atoms with Gasteiger partial charge in [0.05, 0.1) is 10.7 Å². The van der Waals surface area contributed by atoms with Crippen LogP contribution < -0.4 is 10.2 Å². The lowest BCUT2D eigenvalue weighted by Crippen LogP contribution is -2.25. The lowest BCUT2D eigenvalue weighted by molar-refractivity contribution is -0.123. The van der Waals surface area contributed by atoms with Crippen LogP contribution in [0.1, 0.15) is 12.5 Å². The smallest absolute Gasteiger partial charge is 0.277 e. The van der Waals surface area contributed by atoms with E-state index in [1.807, 2.05) is 12.1 Å². The van der Waals surface area contributed by atoms with Crippen LogP contribution in [0.25, 0.3) is 0 Å². The molecule has 120 valence electrons. The molecular weight excluding hydrogens is 359 g/mol. The number of halogens is 3. The number of benzene rings is 2. The number of rotatable bonds is 5. The van der Waals surface area contributed by atoms with Crippen molar-refractivity contribution in [3.05, 3.63) is 63.1 Å². The van der Waals surface area contributed by atoms with Gasteiger partial charge in [-0.25, -0.2) is 5.43 Å². The monoisotopic (exact) mass is 370 g/mol. The fraction of sp³-hybridized carbons (Fsp3) is 0.125. The van der Waals surface area contributed by atoms with E-state index in [4.69, 9.17) is 39.5 Å². The minimum atomic E-state index is -0.399. The molecule has 4 nitrogen and oxygen atoms in total. The van der Waals surface area contributed by atoms with Crippen LogP contribution in [0.2, 0.25) is 15.1 Å². The molecule has 0 radical (unpaired) electrons. The van der Waals surface area contributed by atoms with Gasteiger partial charge in [-0.2, -0.15) is 5.10 Å². The first-order valence-electron chi connectivity index (χ1n) is 6.62. The molecule has 7 heteroatoms. The number of nitrogens with one attached hydrogen (secondary N) is 1. The molecule has 0 heterocycles. The summed E-state index contributed by atoms with van der Waals surface area (Å²) < 4.78 is 5.32. The van der Waals surface area contributed by atoms with Crippen molar-refractivity contribution in [1.29, 1.82) is 0 Å². The second-order valence-corrected chi connectivity index (χ2v) is 5.88. The lowest BCUT2D eigenvalue weighted by atomic mass is 10.1. The van der Waals surface area contributed by atoms with Crippen LogP contribution in [0.4, 0.5) is 0 Å². The van der Waals surface area contributed by atoms with E-state index in [1.54, 1.807) is 37.3 Å². The minimum Gasteiger partial charge on any atom is -0.482 e. The second-order valence-electron chi connectivity index (χ2n) is 4.60. The maximum atomic E-state index is 11.8. The van der Waals surface area contributed by atoms with E-state index in [2.05, 4.69) is 10.5 Å². The van der Waals surface area contributed by atoms with Crippen LogP contribution in [0.3, 0.4) is 0 Å². The van der Waals surface area contributed by atoms with Crippen LogP contribution in [-0.4, -0.2) is 18.2 Å². The van der Waals surface area contributed by atoms with Gasteiger partial charge < -0.3 is 4.74 Å². The summed E-state index contributed by atoms with van der Waals surface area (Å²) in [5.74, 6) is -0.0195. The predicted molar refractivity (Wildman–Crippen MR) is 93.8 cm³/mol. The Morgan fingerprint density at radius 3 is 2.39 bits per heavy atom. The summed E-state index contributed by atoms with van der Waals surface area (Å²) in [6.07, 6.45) is 0. The van der Waals surface area contributed by atoms with Gasteiger partial charge in [0.15, 0.2) is 6.61 Å². The maximum absolute atomic E-state index is 11.8. The molecule has 1 N–H and O–H groups in total. The van der Waals surface area contributed by atoms with Crippen molar-refractivity contribution in [2.75, 3.05) is 6.61 Å². The second kappa shape index (κ2) is 8.20. The van der Waals surface area contributed by atoms with Crippen molar-refractivity contribution in [1.82, 2.24) is 5.43 Å². The zero-order chi connectivity index (χ0) is 16.8. The van der Waals surface area contributed by atoms with E-state index in [1.165, 1.54) is 0 Å². The average molecular weight is 372 g/mol. The fourth-order valence-electron chi connectivity index (χ4n) is 1.67. The Labute approximate surface area is 149 Å². The summed E-state index contributed by atoms with van der Waals surface area (Å²) >= 11 is 17.6. The molecular formula is C16H13Cl3N2O2. The maximum Gasteiger partial charge on any atom is 0.277 e. The number of hydrogen-bond acceptors (Lipinski definition) is 3. The summed E-state index contributed by atoms with van der Waals surface area (Å²) in [5, 5.41) is 5.48. The number of hydrogen-bond donors (Lipinski definition) is 1. The summed E-state index contributed by atoms with van der Waals surface area (Å²) in [4.78, 5) is 11.8. The van der Waals surface area contributed by atoms with E-state index >= 15 is 0 Å². The normalized spacial score (nSPS) is 11.2. The predicted octanol–water partition coefficient (Wildman–Crippen LogP) is 4.57. The quantitative estimate of drug-likeness (QED) is 0.618. The third kappa shape index (κ3) is 5.43. The highest BCUT2D eigenvalue weighted by atomic mass is 35.5. The SMILES string of the molecule is C/C(=N\NC(=O)COc1ccc(Cl)cc1Cl)c1ccc(Cl)cc1. The van der Waals surface area contributed by atoms with Gasteiger partial charge in [-0.3, -0.25) is 4.79 Å². The van der Waals surface area contributed by atoms with Gasteiger partial charge in [0.2, 0.25) is 0 Å². The van der Waals surface area contributed by atoms with Crippen LogP contribution >= 0.6 is 34.8 Å². The molecule has 0 aliphatic heterocycles. The summed E-state index contributed by atoms with van der Waals surface area (Å²) in [7, 11) is 0. The standard InChI is InChI=1S/C16H13Cl3N2O2/c1-10(11-2-4-12(17)5-3-11)20-21-16(22)9-23-15-7-6-13(18)8-14(15)19/h2-8H,9H2,1H3,(H,21,22)/b20-10+. The molecule has 2 aromatic carbocycles. The van der Waals surface area contributed by atoms with Gasteiger partial charge in [0.1, 0.15) is 5.75 Å². The molecule has 0 spiro atoms. The Balaban J connectivity index is 1.89. The first-order valence-corrected chi connectivity index (χ1v) is 7.76. The van der Waals surface area contributed by atoms with E-state index in [-0.39, 0.29) is 6.61 Å². The van der Waals surface area contributed by atoms with Gasteiger partial charge in [-0.1, -0.05) is 46.9 Å². The number of carbonyl (C=O) groups excluding carboxylic acids is 1. The van der Waals surface area contributed by atoms with Gasteiger partial charge in [-0.05, 0) is 42.8 Å². The molecule has 1 amide bonds. The number of hydrazone groups is 1. The number of nitrogens with zero attached hydrogens (tertiary/aromatic N) is 1. The highest BCUT2D eigenvalue weighted by molar-refractivity contribution is 6.35. The molecule has 0 aliphatic carbocycles. The molecule has 0 saturated carbocycles. The zero-order valence-electron chi connectivity index (χ0n) is 12.1. The van der Waals surface area contributed by atoms with E-state index in [0.29, 0.717) is 26.5 Å². The van der Waals surface area contributed by atoms with Crippen LogP contribution in [0, 0.1) is 0 Å². The highest BCUT2D eigenvalue weighted by Crippen LogP contribution is 2.27. The molecule has 0 fully saturated rings. The summed E-state index contributed by atoms with van der Waals surface area (Å²) in [6, 6.07) is 11.9. The molecule has 0 unspecified atom stereocenters. The summed E-state index contributed by atoms with van der Waals surface area (Å²) in [5.41, 5.74) is 3.93. The minimum absolute atomic E-state index is 0.210. The molecule has 23 heavy (non-hydrogen) atoms. The third-order valence-electron chi connectivity index (χ3n) is 2.86. The molecule has 2 rings (SSSR count). The van der Waals surface area contributed by atoms with Crippen LogP contribution in [-0.2, 0) is 4.79 Å². The third-order valence-corrected chi connectivity index (χ3v) is 3.65. The van der Waals surface area contributed by atoms with Gasteiger partial charge in [0, 0.05) is 10.0 Å². The summed E-state index contributed by atoms with van der Waals surface area (Å²) in [6.45, 7) is 1.57. The van der Waals surface area contributed by atoms with Crippen molar-refractivity contribution in [2.24, 2.45) is 5.10 Å². The molecule has 2 aromatic rings. The topological polar surface area (TPSA) is 50.7 Å². The van der Waals surface area contributed by atoms with Crippen molar-refractivity contribution in [3.8, 4) is 5.75 Å². The molecule has 0 atom stereocenters. The van der Waals surface area contributed by atoms with Crippen LogP contribution in [0.15, 0.2) is 47.6 Å². The highest BCUT2D eigenvalue weighted by Gasteiger charge is 2.06. The van der Waals surface area contributed by atoms with Gasteiger partial charge >= 0.3 is 0 Å². The van der Waals surface area contributed by atoms with E-state index in [0.717, 1.165) is 5.56 Å². The number of amides is 1. The van der Waals surface area contributed by atoms with Crippen LogP contribution in [0.5, 0.6) is 5.75 Å². The molecule has 0 aliphatic rings. The van der Waals surface area contributed by atoms with E-state index < -0.39 is 5.91 Å². The Morgan fingerprint density at radius 2 is 1.74 bits per heavy atom. The number of ether oxygens (including phenoxy) is 1. The average Bonchev–Trinajstić information content (AvgIpc) is 2.52. The largest absolute Gasteiger partial charge is 0.482 e. The first-order chi connectivity index (χ1) is 11.0. The molecule has 0 saturated heterocycles. The van der Waals surface area contributed by atoms with Crippen molar-refractivity contribution in [3.63, 3.8) is 0 Å². The van der Waals surface area contributed by atoms with E-state index in [9.17, 15) is 4.79 Å². The molecule has 0 bridgehead atoms. The van der Waals surface area contributed by atoms with Gasteiger partial charge in [-0.15, -0.1) is 0 Å². The Hall–Kier alpha value is -1.75. The number of carbonyl (C=O) groups is 1. The zero-order valence-corrected chi connectivity index (χ0v) is 14.4.